The molecule has 138 valence electrons. The molecule has 0 unspecified atom stereocenters. The van der Waals surface area contributed by atoms with Crippen molar-refractivity contribution in [3.05, 3.63) is 69.7 Å². The van der Waals surface area contributed by atoms with Gasteiger partial charge >= 0.3 is 31.1 Å². The van der Waals surface area contributed by atoms with Crippen molar-refractivity contribution in [1.82, 2.24) is 5.06 Å². The topological polar surface area (TPSA) is 123 Å². The Kier molecular flexibility index (Phi) is 6.74. The van der Waals surface area contributed by atoms with Crippen molar-refractivity contribution in [2.45, 2.75) is 0 Å². The summed E-state index contributed by atoms with van der Waals surface area (Å²) in [5.74, 6) is 0.562. The zero-order chi connectivity index (χ0) is 19.3. The van der Waals surface area contributed by atoms with Crippen LogP contribution in [-0.4, -0.2) is 37.2 Å². The number of aliphatic imine (C=N–C) groups is 1. The Morgan fingerprint density at radius 1 is 1.15 bits per heavy atom. The molecule has 1 heterocycles. The van der Waals surface area contributed by atoms with E-state index in [1.165, 1.54) is 5.06 Å². The van der Waals surface area contributed by atoms with E-state index in [-0.39, 0.29) is 6.54 Å². The van der Waals surface area contributed by atoms with Crippen LogP contribution in [0.4, 0.5) is 0 Å². The molecule has 0 atom stereocenters. The third kappa shape index (κ3) is 5.79. The van der Waals surface area contributed by atoms with E-state index in [0.717, 1.165) is 16.1 Å². The molecule has 10 heteroatoms. The fourth-order valence-corrected chi connectivity index (χ4v) is 2.52. The summed E-state index contributed by atoms with van der Waals surface area (Å²) in [6.45, 7) is 0.229. The van der Waals surface area contributed by atoms with E-state index < -0.39 is 16.7 Å². The first-order valence-corrected chi connectivity index (χ1v) is 11.1. The summed E-state index contributed by atoms with van der Waals surface area (Å²) in [5.41, 5.74) is 1.58. The molecule has 0 aromatic heterocycles. The van der Waals surface area contributed by atoms with Crippen LogP contribution < -0.4 is 10.6 Å². The van der Waals surface area contributed by atoms with Crippen molar-refractivity contribution in [1.29, 1.82) is 0 Å². The van der Waals surface area contributed by atoms with Crippen LogP contribution in [0.25, 0.3) is 5.70 Å². The Morgan fingerprint density at radius 2 is 1.77 bits per heavy atom. The van der Waals surface area contributed by atoms with E-state index in [0.29, 0.717) is 16.6 Å². The summed E-state index contributed by atoms with van der Waals surface area (Å²) in [5, 5.41) is 13.8. The number of rotatable bonds is 1. The Balaban J connectivity index is 0.000000431. The molecule has 2 aromatic carbocycles. The number of hydroxylamine groups is 2. The maximum absolute atomic E-state index is 10.5. The summed E-state index contributed by atoms with van der Waals surface area (Å²) < 4.78 is 32.0. The van der Waals surface area contributed by atoms with Gasteiger partial charge in [0.2, 0.25) is 0 Å². The SMILES string of the molecule is CN=C1CN(O)C(c2ccccc2)=c2cc(Cl)ccc2=N1.[O]=[Mo](=[O])([OH])[OH]. The van der Waals surface area contributed by atoms with E-state index in [2.05, 4.69) is 9.98 Å². The van der Waals surface area contributed by atoms with E-state index >= 15 is 0 Å². The molecule has 0 saturated heterocycles. The zero-order valence-corrected chi connectivity index (χ0v) is 16.4. The minimum atomic E-state index is -5.52. The zero-order valence-electron chi connectivity index (χ0n) is 13.6. The fourth-order valence-electron chi connectivity index (χ4n) is 2.34. The quantitative estimate of drug-likeness (QED) is 0.531. The molecule has 26 heavy (non-hydrogen) atoms. The molecule has 0 saturated carbocycles. The van der Waals surface area contributed by atoms with Gasteiger partial charge in [0.05, 0.1) is 11.1 Å². The molecule has 0 aliphatic carbocycles. The van der Waals surface area contributed by atoms with Gasteiger partial charge in [0.25, 0.3) is 0 Å². The van der Waals surface area contributed by atoms with Crippen LogP contribution in [0.3, 0.4) is 0 Å². The summed E-state index contributed by atoms with van der Waals surface area (Å²) in [4.78, 5) is 8.60. The van der Waals surface area contributed by atoms with E-state index in [9.17, 15) is 5.21 Å². The van der Waals surface area contributed by atoms with Crippen molar-refractivity contribution >= 4 is 23.1 Å². The second kappa shape index (κ2) is 8.62. The minimum absolute atomic E-state index is 0.229. The van der Waals surface area contributed by atoms with Gasteiger partial charge < -0.3 is 0 Å². The predicted molar refractivity (Wildman–Crippen MR) is 88.8 cm³/mol. The molecule has 0 amide bonds. The van der Waals surface area contributed by atoms with Gasteiger partial charge in [-0.1, -0.05) is 41.9 Å². The van der Waals surface area contributed by atoms with E-state index in [1.54, 1.807) is 13.1 Å². The number of benzene rings is 2. The average Bonchev–Trinajstić information content (AvgIpc) is 2.69. The molecular weight excluding hydrogens is 446 g/mol. The van der Waals surface area contributed by atoms with Crippen LogP contribution in [0.2, 0.25) is 5.02 Å². The monoisotopic (exact) mass is 463 g/mol. The second-order valence-corrected chi connectivity index (χ2v) is 7.77. The van der Waals surface area contributed by atoms with E-state index in [4.69, 9.17) is 25.9 Å². The first kappa shape index (κ1) is 20.4. The molecule has 2 aromatic rings. The van der Waals surface area contributed by atoms with Gasteiger partial charge in [0.1, 0.15) is 12.4 Å². The molecule has 1 aliphatic heterocycles. The molecule has 3 N–H and O–H groups in total. The standard InChI is InChI=1S/C16H14ClN3O.Mo.2H2O.2O/c1-18-15-10-20(21)16(11-5-3-2-4-6-11)13-9-12(17)7-8-14(13)19-15;;;;;/h2-9,21H,10H2,1H3;;2*1H2;;/q;+2;;;;/p-2. The molecule has 0 fully saturated rings. The molecule has 3 rings (SSSR count). The predicted octanol–water partition coefficient (Wildman–Crippen LogP) is 0.495. The molecule has 0 radical (unpaired) electrons. The Bertz CT molecular complexity index is 1030. The Morgan fingerprint density at radius 3 is 2.35 bits per heavy atom. The fraction of sp³-hybridized carbons (Fsp3) is 0.125. The van der Waals surface area contributed by atoms with Crippen LogP contribution in [0.1, 0.15) is 5.56 Å². The molecule has 0 bridgehead atoms. The first-order chi connectivity index (χ1) is 12.2. The maximum atomic E-state index is 10.5. The summed E-state index contributed by atoms with van der Waals surface area (Å²) in [6.07, 6.45) is 0. The van der Waals surface area contributed by atoms with Gasteiger partial charge in [-0.2, -0.15) is 0 Å². The molecule has 1 aliphatic rings. The third-order valence-corrected chi connectivity index (χ3v) is 3.55. The van der Waals surface area contributed by atoms with Crippen molar-refractivity contribution in [3.8, 4) is 0 Å². The normalized spacial score (nSPS) is 15.5. The number of fused-ring (bicyclic) bond motifs is 1. The van der Waals surface area contributed by atoms with Crippen molar-refractivity contribution in [2.24, 2.45) is 9.98 Å². The van der Waals surface area contributed by atoms with Crippen LogP contribution in [0, 0.1) is 0 Å². The number of halogens is 1. The Hall–Kier alpha value is -1.96. The summed E-state index contributed by atoms with van der Waals surface area (Å²) >= 11 is 0.595. The number of amidine groups is 1. The van der Waals surface area contributed by atoms with Gasteiger partial charge in [-0.3, -0.25) is 10.2 Å². The molecule has 8 nitrogen and oxygen atoms in total. The van der Waals surface area contributed by atoms with Gasteiger partial charge in [-0.25, -0.2) is 10.1 Å². The first-order valence-electron chi connectivity index (χ1n) is 7.25. The summed E-state index contributed by atoms with van der Waals surface area (Å²) in [6, 6.07) is 15.1. The van der Waals surface area contributed by atoms with Crippen molar-refractivity contribution in [2.75, 3.05) is 13.6 Å². The number of hydrogen-bond donors (Lipinski definition) is 3. The van der Waals surface area contributed by atoms with Crippen LogP contribution >= 0.6 is 11.6 Å². The van der Waals surface area contributed by atoms with Crippen molar-refractivity contribution < 1.29 is 36.3 Å². The van der Waals surface area contributed by atoms with Gasteiger partial charge in [0, 0.05) is 22.9 Å². The average molecular weight is 462 g/mol. The number of hydrogen-bond acceptors (Lipinski definition) is 5. The van der Waals surface area contributed by atoms with Crippen molar-refractivity contribution in [3.63, 3.8) is 0 Å². The number of nitrogens with zero attached hydrogens (tertiary/aromatic N) is 3. The van der Waals surface area contributed by atoms with Gasteiger partial charge in [0.15, 0.2) is 0 Å². The second-order valence-electron chi connectivity index (χ2n) is 5.13. The van der Waals surface area contributed by atoms with E-state index in [1.807, 2.05) is 42.5 Å². The van der Waals surface area contributed by atoms with Crippen LogP contribution in [0.15, 0.2) is 58.5 Å². The molecular formula is C16H16ClMoN3O5. The van der Waals surface area contributed by atoms with Gasteiger partial charge in [-0.05, 0) is 18.2 Å². The van der Waals surface area contributed by atoms with Gasteiger partial charge in [-0.15, -0.1) is 0 Å². The van der Waals surface area contributed by atoms with Crippen LogP contribution in [-0.2, 0) is 23.5 Å². The third-order valence-electron chi connectivity index (χ3n) is 3.32. The Labute approximate surface area is 157 Å². The molecule has 0 spiro atoms. The van der Waals surface area contributed by atoms with Crippen LogP contribution in [0.5, 0.6) is 0 Å². The summed E-state index contributed by atoms with van der Waals surface area (Å²) in [7, 11) is 1.66.